The molecule has 1 aliphatic carbocycles. The van der Waals surface area contributed by atoms with Gasteiger partial charge in [0.25, 0.3) is 0 Å². The largest absolute Gasteiger partial charge is 0.463 e. The molecule has 18 heavy (non-hydrogen) atoms. The normalized spacial score (nSPS) is 28.7. The summed E-state index contributed by atoms with van der Waals surface area (Å²) >= 11 is 0. The minimum Gasteiger partial charge on any atom is -0.376 e. The molecule has 0 bridgehead atoms. The molecule has 3 unspecified atom stereocenters. The number of alkyl halides is 5. The summed E-state index contributed by atoms with van der Waals surface area (Å²) in [4.78, 5) is 10.9. The van der Waals surface area contributed by atoms with E-state index in [9.17, 15) is 26.7 Å². The molecule has 3 N–H and O–H groups in total. The highest BCUT2D eigenvalue weighted by Crippen LogP contribution is 2.36. The first-order valence-electron chi connectivity index (χ1n) is 5.24. The summed E-state index contributed by atoms with van der Waals surface area (Å²) in [5, 5.41) is 1.59. The first-order valence-corrected chi connectivity index (χ1v) is 5.24. The molecule has 0 aromatic heterocycles. The van der Waals surface area contributed by atoms with E-state index < -0.39 is 36.2 Å². The van der Waals surface area contributed by atoms with Crippen molar-refractivity contribution >= 4 is 5.91 Å². The van der Waals surface area contributed by atoms with Gasteiger partial charge in [-0.3, -0.25) is 4.79 Å². The smallest absolute Gasteiger partial charge is 0.376 e. The van der Waals surface area contributed by atoms with Gasteiger partial charge in [-0.15, -0.1) is 0 Å². The maximum absolute atomic E-state index is 12.7. The molecule has 0 aromatic rings. The molecule has 3 atom stereocenters. The fourth-order valence-electron chi connectivity index (χ4n) is 1.60. The predicted molar refractivity (Wildman–Crippen MR) is 50.9 cm³/mol. The van der Waals surface area contributed by atoms with Crippen LogP contribution >= 0.6 is 0 Å². The van der Waals surface area contributed by atoms with Gasteiger partial charge in [0.2, 0.25) is 0 Å². The van der Waals surface area contributed by atoms with Crippen LogP contribution in [0.2, 0.25) is 0 Å². The Labute approximate surface area is 99.6 Å². The molecule has 1 aliphatic rings. The molecule has 0 heterocycles. The Morgan fingerprint density at radius 3 is 2.33 bits per heavy atom. The molecule has 1 fully saturated rings. The van der Waals surface area contributed by atoms with E-state index >= 15 is 0 Å². The number of ether oxygens (including phenoxy) is 1. The number of nitrogens with one attached hydrogen (secondary N) is 1. The van der Waals surface area contributed by atoms with Crippen molar-refractivity contribution in [2.75, 3.05) is 6.61 Å². The topological polar surface area (TPSA) is 64.3 Å². The Morgan fingerprint density at radius 1 is 1.39 bits per heavy atom. The number of hydrogen-bond donors (Lipinski definition) is 2. The third-order valence-corrected chi connectivity index (χ3v) is 2.69. The van der Waals surface area contributed by atoms with Gasteiger partial charge in [-0.05, 0) is 13.3 Å². The summed E-state index contributed by atoms with van der Waals surface area (Å²) < 4.78 is 66.1. The lowest BCUT2D eigenvalue weighted by Gasteiger charge is -2.42. The second-order valence-corrected chi connectivity index (χ2v) is 3.96. The van der Waals surface area contributed by atoms with Gasteiger partial charge in [0.15, 0.2) is 0 Å². The minimum atomic E-state index is -5.92. The van der Waals surface area contributed by atoms with E-state index in [2.05, 4.69) is 0 Å². The van der Waals surface area contributed by atoms with Crippen molar-refractivity contribution in [1.29, 1.82) is 0 Å². The quantitative estimate of drug-likeness (QED) is 0.747. The lowest BCUT2D eigenvalue weighted by Crippen LogP contribution is -2.67. The van der Waals surface area contributed by atoms with E-state index in [4.69, 9.17) is 10.5 Å². The Morgan fingerprint density at radius 2 is 1.94 bits per heavy atom. The van der Waals surface area contributed by atoms with Crippen molar-refractivity contribution in [1.82, 2.24) is 5.32 Å². The summed E-state index contributed by atoms with van der Waals surface area (Å²) in [5.41, 5.74) is 5.42. The Hall–Kier alpha value is -0.960. The zero-order valence-corrected chi connectivity index (χ0v) is 9.43. The van der Waals surface area contributed by atoms with E-state index in [1.165, 1.54) is 0 Å². The van der Waals surface area contributed by atoms with Crippen LogP contribution in [0.15, 0.2) is 0 Å². The second-order valence-electron chi connectivity index (χ2n) is 3.96. The number of carbonyl (C=O) groups is 1. The zero-order valence-electron chi connectivity index (χ0n) is 9.43. The average Bonchev–Trinajstić information content (AvgIpc) is 2.23. The van der Waals surface area contributed by atoms with E-state index in [-0.39, 0.29) is 6.61 Å². The molecule has 1 amide bonds. The fraction of sp³-hybridized carbons (Fsp3) is 0.889. The number of halogens is 5. The maximum Gasteiger partial charge on any atom is 0.463 e. The van der Waals surface area contributed by atoms with Gasteiger partial charge in [0, 0.05) is 12.6 Å². The Kier molecular flexibility index (Phi) is 4.16. The zero-order chi connectivity index (χ0) is 14.1. The van der Waals surface area contributed by atoms with Crippen molar-refractivity contribution in [3.63, 3.8) is 0 Å². The average molecular weight is 276 g/mol. The van der Waals surface area contributed by atoms with Crippen LogP contribution in [0.1, 0.15) is 13.3 Å². The van der Waals surface area contributed by atoms with E-state index in [1.807, 2.05) is 0 Å². The van der Waals surface area contributed by atoms with Crippen molar-refractivity contribution in [3.05, 3.63) is 0 Å². The number of amides is 1. The van der Waals surface area contributed by atoms with Gasteiger partial charge in [0.1, 0.15) is 0 Å². The van der Waals surface area contributed by atoms with Gasteiger partial charge in [-0.1, -0.05) is 0 Å². The highest BCUT2D eigenvalue weighted by atomic mass is 19.4. The van der Waals surface area contributed by atoms with Crippen LogP contribution in [-0.4, -0.2) is 42.8 Å². The highest BCUT2D eigenvalue weighted by Gasteiger charge is 2.64. The van der Waals surface area contributed by atoms with Crippen LogP contribution in [0.4, 0.5) is 22.0 Å². The van der Waals surface area contributed by atoms with Crippen LogP contribution < -0.4 is 11.1 Å². The predicted octanol–water partition coefficient (Wildman–Crippen LogP) is 0.805. The van der Waals surface area contributed by atoms with Gasteiger partial charge in [-0.2, -0.15) is 22.0 Å². The van der Waals surface area contributed by atoms with E-state index in [0.717, 1.165) is 0 Å². The summed E-state index contributed by atoms with van der Waals surface area (Å²) in [5.74, 6) is -7.83. The molecule has 9 heteroatoms. The van der Waals surface area contributed by atoms with Gasteiger partial charge >= 0.3 is 18.0 Å². The standard InChI is InChI=1S/C9H13F5N2O2/c1-2-18-5-3-4(15)6(5)16-7(17)8(10,11)9(12,13)14/h4-6H,2-3,15H2,1H3,(H,16,17). The van der Waals surface area contributed by atoms with Crippen LogP contribution in [0.5, 0.6) is 0 Å². The second kappa shape index (κ2) is 4.96. The van der Waals surface area contributed by atoms with E-state index in [0.29, 0.717) is 6.42 Å². The number of hydrogen-bond acceptors (Lipinski definition) is 3. The third kappa shape index (κ3) is 2.72. The van der Waals surface area contributed by atoms with Gasteiger partial charge < -0.3 is 15.8 Å². The number of carbonyl (C=O) groups excluding carboxylic acids is 1. The van der Waals surface area contributed by atoms with Crippen molar-refractivity contribution < 1.29 is 31.5 Å². The lowest BCUT2D eigenvalue weighted by atomic mass is 9.83. The first kappa shape index (κ1) is 15.1. The molecule has 0 aliphatic heterocycles. The summed E-state index contributed by atoms with van der Waals surface area (Å²) in [6.45, 7) is 1.88. The van der Waals surface area contributed by atoms with Crippen LogP contribution in [-0.2, 0) is 9.53 Å². The van der Waals surface area contributed by atoms with Crippen molar-refractivity contribution in [3.8, 4) is 0 Å². The monoisotopic (exact) mass is 276 g/mol. The Balaban J connectivity index is 2.64. The molecule has 106 valence electrons. The van der Waals surface area contributed by atoms with Crippen molar-refractivity contribution in [2.24, 2.45) is 5.73 Å². The van der Waals surface area contributed by atoms with E-state index in [1.54, 1.807) is 12.2 Å². The van der Waals surface area contributed by atoms with Crippen LogP contribution in [0.3, 0.4) is 0 Å². The molecule has 0 radical (unpaired) electrons. The van der Waals surface area contributed by atoms with Crippen molar-refractivity contribution in [2.45, 2.75) is 43.6 Å². The van der Waals surface area contributed by atoms with Crippen LogP contribution in [0.25, 0.3) is 0 Å². The molecule has 1 rings (SSSR count). The lowest BCUT2D eigenvalue weighted by molar-refractivity contribution is -0.270. The fourth-order valence-corrected chi connectivity index (χ4v) is 1.60. The molecule has 4 nitrogen and oxygen atoms in total. The summed E-state index contributed by atoms with van der Waals surface area (Å²) in [6.07, 6.45) is -6.25. The molecule has 0 spiro atoms. The number of nitrogens with two attached hydrogens (primary N) is 1. The first-order chi connectivity index (χ1) is 8.11. The van der Waals surface area contributed by atoms with Gasteiger partial charge in [0.05, 0.1) is 12.1 Å². The molecule has 0 aromatic carbocycles. The summed E-state index contributed by atoms with van der Waals surface area (Å²) in [6, 6.07) is -1.71. The highest BCUT2D eigenvalue weighted by molar-refractivity contribution is 5.84. The molecule has 1 saturated carbocycles. The third-order valence-electron chi connectivity index (χ3n) is 2.69. The van der Waals surface area contributed by atoms with Crippen LogP contribution in [0, 0.1) is 0 Å². The van der Waals surface area contributed by atoms with Gasteiger partial charge in [-0.25, -0.2) is 0 Å². The summed E-state index contributed by atoms with van der Waals surface area (Å²) in [7, 11) is 0. The molecular formula is C9H13F5N2O2. The molecular weight excluding hydrogens is 263 g/mol. The molecule has 0 saturated heterocycles. The SMILES string of the molecule is CCOC1CC(N)C1NC(=O)C(F)(F)C(F)(F)F. The Bertz CT molecular complexity index is 319. The number of rotatable bonds is 4. The maximum atomic E-state index is 12.7. The minimum absolute atomic E-state index is 0.249.